The summed E-state index contributed by atoms with van der Waals surface area (Å²) in [5.41, 5.74) is 2.28. The van der Waals surface area contributed by atoms with Gasteiger partial charge < -0.3 is 20.6 Å². The number of anilines is 2. The van der Waals surface area contributed by atoms with Gasteiger partial charge in [0.25, 0.3) is 0 Å². The topological polar surface area (TPSA) is 90.4 Å². The summed E-state index contributed by atoms with van der Waals surface area (Å²) < 4.78 is 12.6. The van der Waals surface area contributed by atoms with Crippen molar-refractivity contribution in [1.82, 2.24) is 15.3 Å². The Bertz CT molecular complexity index is 1130. The van der Waals surface area contributed by atoms with E-state index in [1.807, 2.05) is 43.3 Å². The van der Waals surface area contributed by atoms with E-state index in [1.54, 1.807) is 0 Å². The van der Waals surface area contributed by atoms with Crippen LogP contribution in [0.2, 0.25) is 0 Å². The van der Waals surface area contributed by atoms with Crippen LogP contribution in [0.5, 0.6) is 0 Å². The molecule has 1 unspecified atom stereocenters. The average Bonchev–Trinajstić information content (AvgIpc) is 2.90. The highest BCUT2D eigenvalue weighted by molar-refractivity contribution is 7.85. The van der Waals surface area contributed by atoms with E-state index in [0.29, 0.717) is 44.4 Å². The normalized spacial score (nSPS) is 20.3. The van der Waals surface area contributed by atoms with Crippen molar-refractivity contribution < 1.29 is 9.32 Å². The molecule has 30 heavy (non-hydrogen) atoms. The summed E-state index contributed by atoms with van der Waals surface area (Å²) in [6.45, 7) is 4.85. The Labute approximate surface area is 178 Å². The summed E-state index contributed by atoms with van der Waals surface area (Å²) in [7, 11) is -1.02. The highest BCUT2D eigenvalue weighted by Gasteiger charge is 2.34. The molecule has 0 spiro atoms. The molecule has 3 heterocycles. The Morgan fingerprint density at radius 2 is 2.07 bits per heavy atom. The van der Waals surface area contributed by atoms with Crippen molar-refractivity contribution in [3.05, 3.63) is 53.6 Å². The van der Waals surface area contributed by atoms with Gasteiger partial charge in [0.05, 0.1) is 16.3 Å². The second-order valence-electron chi connectivity index (χ2n) is 8.15. The maximum absolute atomic E-state index is 12.6. The van der Waals surface area contributed by atoms with Gasteiger partial charge in [-0.15, -0.1) is 0 Å². The minimum Gasteiger partial charge on any atom is -0.385 e. The summed E-state index contributed by atoms with van der Waals surface area (Å²) in [4.78, 5) is 12.6. The van der Waals surface area contributed by atoms with Crippen LogP contribution in [0.3, 0.4) is 0 Å². The third-order valence-corrected chi connectivity index (χ3v) is 7.18. The molecule has 2 aliphatic heterocycles. The number of fused-ring (bicyclic) bond motifs is 2. The van der Waals surface area contributed by atoms with E-state index in [4.69, 9.17) is 9.97 Å². The predicted octanol–water partition coefficient (Wildman–Crippen LogP) is 1.81. The van der Waals surface area contributed by atoms with Crippen molar-refractivity contribution in [1.29, 1.82) is 0 Å². The van der Waals surface area contributed by atoms with E-state index < -0.39 is 16.4 Å². The van der Waals surface area contributed by atoms with Crippen LogP contribution in [0.25, 0.3) is 10.9 Å². The number of nitrogens with zero attached hydrogens (tertiary/aromatic N) is 3. The summed E-state index contributed by atoms with van der Waals surface area (Å²) in [6, 6.07) is 14.0. The lowest BCUT2D eigenvalue weighted by molar-refractivity contribution is 0.00308. The molecule has 1 aromatic heterocycles. The first-order valence-corrected chi connectivity index (χ1v) is 11.5. The lowest BCUT2D eigenvalue weighted by Gasteiger charge is -2.37. The maximum atomic E-state index is 12.6. The quantitative estimate of drug-likeness (QED) is 0.590. The first kappa shape index (κ1) is 19.4. The zero-order valence-corrected chi connectivity index (χ0v) is 17.7. The number of nitrogens with one attached hydrogen (secondary N) is 2. The van der Waals surface area contributed by atoms with Crippen molar-refractivity contribution in [2.75, 3.05) is 42.1 Å². The molecule has 1 atom stereocenters. The van der Waals surface area contributed by atoms with E-state index >= 15 is 0 Å². The number of aromatic nitrogens is 2. The van der Waals surface area contributed by atoms with Crippen LogP contribution < -0.4 is 15.5 Å². The van der Waals surface area contributed by atoms with E-state index in [0.717, 1.165) is 32.7 Å². The smallest absolute Gasteiger partial charge is 0.228 e. The molecule has 2 aliphatic rings. The fourth-order valence-corrected chi connectivity index (χ4v) is 5.17. The van der Waals surface area contributed by atoms with E-state index in [-0.39, 0.29) is 0 Å². The second kappa shape index (κ2) is 7.61. The molecule has 5 rings (SSSR count). The van der Waals surface area contributed by atoms with Crippen molar-refractivity contribution in [3.63, 3.8) is 0 Å². The van der Waals surface area contributed by atoms with Crippen molar-refractivity contribution >= 4 is 33.5 Å². The number of rotatable bonds is 4. The Morgan fingerprint density at radius 3 is 2.87 bits per heavy atom. The maximum Gasteiger partial charge on any atom is 0.228 e. The molecule has 8 heteroatoms. The van der Waals surface area contributed by atoms with Crippen molar-refractivity contribution in [2.45, 2.75) is 24.0 Å². The number of benzene rings is 2. The van der Waals surface area contributed by atoms with Crippen LogP contribution in [0.15, 0.2) is 47.4 Å². The van der Waals surface area contributed by atoms with Crippen LogP contribution >= 0.6 is 0 Å². The van der Waals surface area contributed by atoms with Gasteiger partial charge in [0.2, 0.25) is 5.95 Å². The lowest BCUT2D eigenvalue weighted by Crippen LogP contribution is -2.63. The Balaban J connectivity index is 1.52. The molecule has 2 aromatic carbocycles. The first-order valence-electron chi connectivity index (χ1n) is 10.2. The Kier molecular flexibility index (Phi) is 4.92. The van der Waals surface area contributed by atoms with Gasteiger partial charge in [0.15, 0.2) is 0 Å². The van der Waals surface area contributed by atoms with Gasteiger partial charge >= 0.3 is 0 Å². The van der Waals surface area contributed by atoms with E-state index in [2.05, 4.69) is 21.6 Å². The molecule has 7 nitrogen and oxygen atoms in total. The Hall–Kier alpha value is -2.55. The number of aryl methyl sites for hydroxylation is 1. The number of hydrogen-bond acceptors (Lipinski definition) is 7. The summed E-state index contributed by atoms with van der Waals surface area (Å²) >= 11 is 0. The van der Waals surface area contributed by atoms with E-state index in [9.17, 15) is 9.32 Å². The molecular weight excluding hydrogens is 398 g/mol. The van der Waals surface area contributed by atoms with Crippen LogP contribution in [0, 0.1) is 6.92 Å². The molecular formula is C22H25N5O2S. The third kappa shape index (κ3) is 3.66. The monoisotopic (exact) mass is 423 g/mol. The molecule has 156 valence electrons. The largest absolute Gasteiger partial charge is 0.385 e. The average molecular weight is 424 g/mol. The van der Waals surface area contributed by atoms with Gasteiger partial charge in [-0.05, 0) is 30.7 Å². The lowest BCUT2D eigenvalue weighted by atomic mass is 9.97. The highest BCUT2D eigenvalue weighted by Crippen LogP contribution is 2.28. The van der Waals surface area contributed by atoms with Gasteiger partial charge in [-0.3, -0.25) is 4.21 Å². The highest BCUT2D eigenvalue weighted by atomic mass is 32.2. The van der Waals surface area contributed by atoms with Gasteiger partial charge in [-0.2, -0.15) is 4.98 Å². The van der Waals surface area contributed by atoms with Crippen LogP contribution in [0.1, 0.15) is 11.1 Å². The predicted molar refractivity (Wildman–Crippen MR) is 119 cm³/mol. The van der Waals surface area contributed by atoms with Crippen LogP contribution in [0.4, 0.5) is 11.8 Å². The third-order valence-electron chi connectivity index (χ3n) is 5.74. The van der Waals surface area contributed by atoms with Gasteiger partial charge in [0.1, 0.15) is 11.4 Å². The number of aliphatic hydroxyl groups is 1. The number of hydrogen-bond donors (Lipinski definition) is 3. The first-order chi connectivity index (χ1) is 14.5. The molecule has 0 amide bonds. The molecule has 1 saturated heterocycles. The summed E-state index contributed by atoms with van der Waals surface area (Å²) in [5, 5.41) is 17.9. The van der Waals surface area contributed by atoms with Crippen molar-refractivity contribution in [3.8, 4) is 0 Å². The van der Waals surface area contributed by atoms with Gasteiger partial charge in [-0.25, -0.2) is 4.98 Å². The molecule has 0 bridgehead atoms. The fraction of sp³-hybridized carbons (Fsp3) is 0.364. The van der Waals surface area contributed by atoms with Crippen LogP contribution in [-0.2, 0) is 17.3 Å². The minimum absolute atomic E-state index is 0.423. The summed E-state index contributed by atoms with van der Waals surface area (Å²) in [6.07, 6.45) is 0. The zero-order chi connectivity index (χ0) is 20.7. The molecule has 1 fully saturated rings. The minimum atomic E-state index is -1.02. The van der Waals surface area contributed by atoms with Gasteiger partial charge in [-0.1, -0.05) is 29.8 Å². The standard InChI is InChI=1S/C22H25N5O2S/c1-15-6-7-18-17(10-15)20(24-14-22(28)12-23-13-22)26-21(25-18)27-8-9-30(29)19-5-3-2-4-16(19)11-27/h2-7,10,23,28H,8-9,11-14H2,1H3,(H,24,25,26). The van der Waals surface area contributed by atoms with Gasteiger partial charge in [0, 0.05) is 48.8 Å². The molecule has 3 aromatic rings. The zero-order valence-electron chi connectivity index (χ0n) is 16.9. The van der Waals surface area contributed by atoms with Crippen LogP contribution in [-0.4, -0.2) is 56.8 Å². The molecule has 0 saturated carbocycles. The summed E-state index contributed by atoms with van der Waals surface area (Å²) in [5.74, 6) is 1.87. The molecule has 3 N–H and O–H groups in total. The SMILES string of the molecule is Cc1ccc2nc(N3CCS(=O)c4ccccc4C3)nc(NCC3(O)CNC3)c2c1. The van der Waals surface area contributed by atoms with E-state index in [1.165, 1.54) is 0 Å². The molecule has 0 radical (unpaired) electrons. The fourth-order valence-electron chi connectivity index (χ4n) is 3.91. The molecule has 0 aliphatic carbocycles. The van der Waals surface area contributed by atoms with Crippen molar-refractivity contribution in [2.24, 2.45) is 0 Å². The second-order valence-corrected chi connectivity index (χ2v) is 9.69. The Morgan fingerprint density at radius 1 is 1.23 bits per heavy atom. The number of β-amino-alcohol motifs (C(OH)–C–C–N with tert-alkyl or cyclic N) is 1.